The normalized spacial score (nSPS) is 20.3. The maximum Gasteiger partial charge on any atom is 0.0417 e. The largest absolute Gasteiger partial charge is 0.358 e. The lowest BCUT2D eigenvalue weighted by atomic mass is 9.86. The fourth-order valence-corrected chi connectivity index (χ4v) is 4.99. The molecule has 0 bridgehead atoms. The minimum absolute atomic E-state index is 0.654. The van der Waals surface area contributed by atoms with Crippen molar-refractivity contribution in [2.24, 2.45) is 0 Å². The Labute approximate surface area is 182 Å². The van der Waals surface area contributed by atoms with Crippen LogP contribution in [-0.4, -0.2) is 24.0 Å². The Kier molecular flexibility index (Phi) is 6.43. The summed E-state index contributed by atoms with van der Waals surface area (Å²) in [6.07, 6.45) is 8.21. The highest BCUT2D eigenvalue weighted by Crippen LogP contribution is 2.29. The average Bonchev–Trinajstić information content (AvgIpc) is 2.74. The monoisotopic (exact) mass is 400 g/mol. The lowest BCUT2D eigenvalue weighted by Gasteiger charge is -2.39. The second-order valence-corrected chi connectivity index (χ2v) is 9.11. The molecule has 1 heterocycles. The van der Waals surface area contributed by atoms with Crippen molar-refractivity contribution in [3.05, 3.63) is 87.6 Å². The molecule has 0 saturated carbocycles. The molecule has 1 aliphatic heterocycles. The van der Waals surface area contributed by atoms with E-state index >= 15 is 0 Å². The second kappa shape index (κ2) is 9.22. The summed E-state index contributed by atoms with van der Waals surface area (Å²) >= 11 is 0. The number of allylic oxidation sites excluding steroid dienone is 1. The highest BCUT2D eigenvalue weighted by molar-refractivity contribution is 5.68. The number of hydrogen-bond donors (Lipinski definition) is 1. The summed E-state index contributed by atoms with van der Waals surface area (Å²) in [5.74, 6) is 0. The zero-order chi connectivity index (χ0) is 21.1. The summed E-state index contributed by atoms with van der Waals surface area (Å²) in [7, 11) is 0. The van der Waals surface area contributed by atoms with E-state index in [9.17, 15) is 0 Å². The van der Waals surface area contributed by atoms with E-state index in [1.165, 1.54) is 59.5 Å². The highest BCUT2D eigenvalue weighted by Gasteiger charge is 2.27. The van der Waals surface area contributed by atoms with Crippen molar-refractivity contribution in [3.63, 3.8) is 0 Å². The smallest absolute Gasteiger partial charge is 0.0417 e. The Morgan fingerprint density at radius 2 is 1.90 bits per heavy atom. The summed E-state index contributed by atoms with van der Waals surface area (Å²) in [5, 5.41) is 3.86. The van der Waals surface area contributed by atoms with Crippen LogP contribution in [0.25, 0.3) is 5.70 Å². The Bertz CT molecular complexity index is 966. The molecule has 1 aliphatic carbocycles. The van der Waals surface area contributed by atoms with Crippen LogP contribution in [-0.2, 0) is 12.8 Å². The van der Waals surface area contributed by atoms with Gasteiger partial charge in [0, 0.05) is 36.1 Å². The maximum atomic E-state index is 3.86. The fourth-order valence-electron chi connectivity index (χ4n) is 4.99. The van der Waals surface area contributed by atoms with Crippen molar-refractivity contribution in [2.75, 3.05) is 13.1 Å². The molecule has 0 fully saturated rings. The highest BCUT2D eigenvalue weighted by atomic mass is 15.2. The van der Waals surface area contributed by atoms with Crippen LogP contribution >= 0.6 is 0 Å². The minimum atomic E-state index is 0.654. The summed E-state index contributed by atoms with van der Waals surface area (Å²) in [6.45, 7) is 11.2. The summed E-state index contributed by atoms with van der Waals surface area (Å²) in [5.41, 5.74) is 11.3. The van der Waals surface area contributed by atoms with Crippen molar-refractivity contribution in [1.82, 2.24) is 10.2 Å². The molecule has 0 radical (unpaired) electrons. The molecule has 2 heteroatoms. The van der Waals surface area contributed by atoms with Gasteiger partial charge in [-0.3, -0.25) is 4.90 Å². The molecule has 1 N–H and O–H groups in total. The summed E-state index contributed by atoms with van der Waals surface area (Å²) in [4.78, 5) is 2.72. The second-order valence-electron chi connectivity index (χ2n) is 9.11. The number of hydrogen-bond acceptors (Lipinski definition) is 2. The molecule has 2 aliphatic rings. The third-order valence-electron chi connectivity index (χ3n) is 6.86. The third kappa shape index (κ3) is 4.54. The number of nitrogens with one attached hydrogen (secondary N) is 1. The molecule has 1 atom stereocenters. The first-order valence-corrected chi connectivity index (χ1v) is 11.6. The molecule has 2 aromatic carbocycles. The molecular formula is C28H36N2. The van der Waals surface area contributed by atoms with Gasteiger partial charge >= 0.3 is 0 Å². The standard InChI is InChI=1S/C28H36N2/c1-5-8-27(26-10-7-6-9-21(26)3)29-28-19-30(16-15-22(28)4)25-14-13-23-12-11-20(2)17-24(23)18-25/h6-12,17,25,29H,5,13-16,18-19H2,1-4H3/b27-8+. The predicted octanol–water partition coefficient (Wildman–Crippen LogP) is 6.18. The maximum absolute atomic E-state index is 3.86. The van der Waals surface area contributed by atoms with Gasteiger partial charge in [0.05, 0.1) is 0 Å². The van der Waals surface area contributed by atoms with Gasteiger partial charge in [0.2, 0.25) is 0 Å². The first-order chi connectivity index (χ1) is 14.5. The van der Waals surface area contributed by atoms with Crippen molar-refractivity contribution < 1.29 is 0 Å². The zero-order valence-electron chi connectivity index (χ0n) is 19.1. The van der Waals surface area contributed by atoms with E-state index in [0.29, 0.717) is 6.04 Å². The lowest BCUT2D eigenvalue weighted by molar-refractivity contribution is 0.185. The number of aryl methyl sites for hydroxylation is 3. The van der Waals surface area contributed by atoms with Gasteiger partial charge in [-0.05, 0) is 69.6 Å². The van der Waals surface area contributed by atoms with E-state index in [2.05, 4.69) is 86.5 Å². The number of rotatable bonds is 5. The van der Waals surface area contributed by atoms with Crippen molar-refractivity contribution in [3.8, 4) is 0 Å². The molecule has 0 amide bonds. The molecule has 30 heavy (non-hydrogen) atoms. The molecule has 0 saturated heterocycles. The summed E-state index contributed by atoms with van der Waals surface area (Å²) < 4.78 is 0. The van der Waals surface area contributed by atoms with Crippen molar-refractivity contribution >= 4 is 5.70 Å². The van der Waals surface area contributed by atoms with Gasteiger partial charge in [0.15, 0.2) is 0 Å². The van der Waals surface area contributed by atoms with E-state index in [-0.39, 0.29) is 0 Å². The topological polar surface area (TPSA) is 15.3 Å². The van der Waals surface area contributed by atoms with E-state index < -0.39 is 0 Å². The number of fused-ring (bicyclic) bond motifs is 1. The van der Waals surface area contributed by atoms with E-state index in [4.69, 9.17) is 0 Å². The van der Waals surface area contributed by atoms with Crippen LogP contribution < -0.4 is 5.32 Å². The van der Waals surface area contributed by atoms with Crippen LogP contribution in [0.2, 0.25) is 0 Å². The van der Waals surface area contributed by atoms with E-state index in [1.54, 1.807) is 11.1 Å². The molecule has 158 valence electrons. The van der Waals surface area contributed by atoms with Crippen molar-refractivity contribution in [1.29, 1.82) is 0 Å². The molecule has 4 rings (SSSR count). The van der Waals surface area contributed by atoms with Crippen LogP contribution in [0.5, 0.6) is 0 Å². The minimum Gasteiger partial charge on any atom is -0.358 e. The lowest BCUT2D eigenvalue weighted by Crippen LogP contribution is -2.45. The molecule has 1 unspecified atom stereocenters. The van der Waals surface area contributed by atoms with Gasteiger partial charge in [0.25, 0.3) is 0 Å². The summed E-state index contributed by atoms with van der Waals surface area (Å²) in [6, 6.07) is 16.4. The van der Waals surface area contributed by atoms with Crippen LogP contribution in [0.3, 0.4) is 0 Å². The third-order valence-corrected chi connectivity index (χ3v) is 6.86. The molecule has 0 aromatic heterocycles. The quantitative estimate of drug-likeness (QED) is 0.644. The Morgan fingerprint density at radius 1 is 1.07 bits per heavy atom. The van der Waals surface area contributed by atoms with Crippen LogP contribution in [0.15, 0.2) is 59.8 Å². The van der Waals surface area contributed by atoms with Crippen LogP contribution in [0.4, 0.5) is 0 Å². The van der Waals surface area contributed by atoms with Gasteiger partial charge in [-0.15, -0.1) is 0 Å². The Morgan fingerprint density at radius 3 is 2.70 bits per heavy atom. The first-order valence-electron chi connectivity index (χ1n) is 11.6. The van der Waals surface area contributed by atoms with Crippen LogP contribution in [0, 0.1) is 13.8 Å². The number of nitrogens with zero attached hydrogens (tertiary/aromatic N) is 1. The molecule has 0 spiro atoms. The molecular weight excluding hydrogens is 364 g/mol. The van der Waals surface area contributed by atoms with Gasteiger partial charge in [-0.25, -0.2) is 0 Å². The molecule has 2 nitrogen and oxygen atoms in total. The van der Waals surface area contributed by atoms with Gasteiger partial charge in [-0.1, -0.05) is 66.6 Å². The first kappa shape index (κ1) is 20.9. The van der Waals surface area contributed by atoms with Crippen molar-refractivity contribution in [2.45, 2.75) is 65.8 Å². The SMILES string of the molecule is CC/C=C(/NC1=C(C)CCN(C2CCc3ccc(C)cc3C2)C1)c1ccccc1C. The van der Waals surface area contributed by atoms with Gasteiger partial charge in [0.1, 0.15) is 0 Å². The average molecular weight is 401 g/mol. The number of benzene rings is 2. The Balaban J connectivity index is 1.51. The van der Waals surface area contributed by atoms with Gasteiger partial charge < -0.3 is 5.32 Å². The fraction of sp³-hybridized carbons (Fsp3) is 0.429. The van der Waals surface area contributed by atoms with E-state index in [0.717, 1.165) is 19.4 Å². The van der Waals surface area contributed by atoms with Gasteiger partial charge in [-0.2, -0.15) is 0 Å². The zero-order valence-corrected chi connectivity index (χ0v) is 19.1. The van der Waals surface area contributed by atoms with E-state index in [1.807, 2.05) is 0 Å². The predicted molar refractivity (Wildman–Crippen MR) is 128 cm³/mol. The van der Waals surface area contributed by atoms with Crippen LogP contribution in [0.1, 0.15) is 60.9 Å². The Hall–Kier alpha value is -2.32. The molecule has 2 aromatic rings.